The van der Waals surface area contributed by atoms with Crippen LogP contribution in [0.4, 0.5) is 14.9 Å². The van der Waals surface area contributed by atoms with E-state index in [1.807, 2.05) is 48.5 Å². The van der Waals surface area contributed by atoms with E-state index in [-0.39, 0.29) is 75.2 Å². The molecule has 3 aliphatic rings. The third-order valence-corrected chi connectivity index (χ3v) is 12.4. The van der Waals surface area contributed by atoms with Crippen LogP contribution in [0.5, 0.6) is 17.2 Å². The van der Waals surface area contributed by atoms with Gasteiger partial charge in [0.25, 0.3) is 5.69 Å². The van der Waals surface area contributed by atoms with Crippen molar-refractivity contribution in [1.29, 1.82) is 0 Å². The van der Waals surface area contributed by atoms with Crippen molar-refractivity contribution in [2.24, 2.45) is 22.9 Å². The van der Waals surface area contributed by atoms with E-state index in [2.05, 4.69) is 19.2 Å². The van der Waals surface area contributed by atoms with E-state index in [4.69, 9.17) is 28.9 Å². The Morgan fingerprint density at radius 1 is 0.908 bits per heavy atom. The molecule has 0 unspecified atom stereocenters. The van der Waals surface area contributed by atoms with Crippen LogP contribution in [0.25, 0.3) is 0 Å². The Morgan fingerprint density at radius 3 is 2.31 bits per heavy atom. The van der Waals surface area contributed by atoms with Gasteiger partial charge in [-0.1, -0.05) is 85.3 Å². The van der Waals surface area contributed by atoms with Crippen LogP contribution in [-0.4, -0.2) is 70.1 Å². The minimum absolute atomic E-state index is 0.00408. The van der Waals surface area contributed by atoms with Crippen LogP contribution in [0.15, 0.2) is 139 Å². The van der Waals surface area contributed by atoms with Gasteiger partial charge in [0.15, 0.2) is 0 Å². The van der Waals surface area contributed by atoms with E-state index in [9.17, 15) is 29.5 Å². The molecule has 0 aromatic heterocycles. The number of unbranched alkanes of at least 4 members (excludes halogenated alkanes) is 2. The van der Waals surface area contributed by atoms with Gasteiger partial charge < -0.3 is 34.0 Å². The fourth-order valence-electron chi connectivity index (χ4n) is 9.54. The summed E-state index contributed by atoms with van der Waals surface area (Å²) in [6.07, 6.45) is 9.01. The SMILES string of the molecule is C=CCOc1ccc2c(c1)[C@H]1[C@H](CCCCO)[C@@H](CCCCO)C=C3C(=NOCc4ccccc4)C[C@H](N(Cc4ccc(F)cc4)C(=O)Oc4ccc([N+](=O)[O-])cc4)[C@@](OCC=C)(O2)[C@H]31. The number of non-ortho nitro benzene ring substituents is 1. The van der Waals surface area contributed by atoms with Crippen molar-refractivity contribution in [1.82, 2.24) is 4.90 Å². The number of nitro groups is 1. The maximum atomic E-state index is 15.0. The number of nitro benzene ring substituents is 1. The molecule has 0 radical (unpaired) electrons. The Kier molecular flexibility index (Phi) is 15.8. The quantitative estimate of drug-likeness (QED) is 0.0336. The summed E-state index contributed by atoms with van der Waals surface area (Å²) in [7, 11) is 0. The zero-order chi connectivity index (χ0) is 45.8. The molecule has 2 aliphatic carbocycles. The lowest BCUT2D eigenvalue weighted by Crippen LogP contribution is -2.70. The van der Waals surface area contributed by atoms with Gasteiger partial charge in [0.1, 0.15) is 42.3 Å². The second-order valence-corrected chi connectivity index (χ2v) is 16.5. The smallest absolute Gasteiger partial charge is 0.416 e. The van der Waals surface area contributed by atoms with E-state index in [0.29, 0.717) is 35.6 Å². The van der Waals surface area contributed by atoms with Crippen LogP contribution in [0.3, 0.4) is 0 Å². The van der Waals surface area contributed by atoms with Crippen molar-refractivity contribution >= 4 is 17.5 Å². The van der Waals surface area contributed by atoms with Gasteiger partial charge in [-0.2, -0.15) is 0 Å². The van der Waals surface area contributed by atoms with Gasteiger partial charge in [0.2, 0.25) is 5.79 Å². The minimum Gasteiger partial charge on any atom is -0.490 e. The number of oxime groups is 1. The number of hydrogen-bond donors (Lipinski definition) is 2. The molecule has 4 aromatic carbocycles. The number of halogens is 1. The van der Waals surface area contributed by atoms with E-state index in [0.717, 1.165) is 42.4 Å². The van der Waals surface area contributed by atoms with Crippen molar-refractivity contribution in [2.45, 2.75) is 75.8 Å². The summed E-state index contributed by atoms with van der Waals surface area (Å²) < 4.78 is 40.9. The number of rotatable bonds is 22. The first-order valence-corrected chi connectivity index (χ1v) is 22.1. The number of carbonyl (C=O) groups is 1. The number of ether oxygens (including phenoxy) is 4. The third kappa shape index (κ3) is 10.8. The number of fused-ring (bicyclic) bond motifs is 2. The highest BCUT2D eigenvalue weighted by Gasteiger charge is 2.65. The number of nitrogens with zero attached hydrogens (tertiary/aromatic N) is 3. The average Bonchev–Trinajstić information content (AvgIpc) is 3.32. The molecule has 1 heterocycles. The first-order valence-electron chi connectivity index (χ1n) is 22.1. The molecule has 4 aromatic rings. The predicted octanol–water partition coefficient (Wildman–Crippen LogP) is 9.83. The van der Waals surface area contributed by atoms with E-state index >= 15 is 0 Å². The number of carbonyl (C=O) groups excluding carboxylic acids is 1. The molecule has 6 atom stereocenters. The zero-order valence-corrected chi connectivity index (χ0v) is 36.3. The molecule has 1 aliphatic heterocycles. The molecule has 342 valence electrons. The molecular weight excluding hydrogens is 834 g/mol. The van der Waals surface area contributed by atoms with Gasteiger partial charge in [-0.05, 0) is 96.7 Å². The fraction of sp³-hybridized carbons (Fsp3) is 0.373. The summed E-state index contributed by atoms with van der Waals surface area (Å²) in [4.78, 5) is 33.6. The van der Waals surface area contributed by atoms with Gasteiger partial charge in [-0.15, -0.1) is 6.58 Å². The molecular formula is C51H56FN3O10. The Balaban J connectivity index is 1.45. The lowest BCUT2D eigenvalue weighted by molar-refractivity contribution is -0.384. The van der Waals surface area contributed by atoms with Crippen LogP contribution >= 0.6 is 0 Å². The monoisotopic (exact) mass is 889 g/mol. The standard InChI is InChI=1S/C51H56FN3O10/c1-3-28-61-41-24-25-46-44(31-41)48-42(15-9-11-27-57)37(14-8-10-26-56)30-43-45(53-63-34-36-12-6-5-7-13-36)32-47(51(65-46,49(43)48)62-29-4-2)54(33-35-16-18-38(52)19-17-35)50(58)64-40-22-20-39(21-23-40)55(59)60/h3-7,12-13,16-25,30-31,37,42,47-49,56-57H,1-2,8-11,14-15,26-29,32-34H2/t37-,42+,47-,48+,49+,51+/m0/s1. The lowest BCUT2D eigenvalue weighted by atomic mass is 9.55. The summed E-state index contributed by atoms with van der Waals surface area (Å²) >= 11 is 0. The molecule has 14 heteroatoms. The molecule has 0 bridgehead atoms. The molecule has 13 nitrogen and oxygen atoms in total. The van der Waals surface area contributed by atoms with Crippen LogP contribution in [0.1, 0.15) is 67.6 Å². The van der Waals surface area contributed by atoms with Crippen molar-refractivity contribution in [3.8, 4) is 17.2 Å². The number of aliphatic hydroxyl groups excluding tert-OH is 2. The fourth-order valence-corrected chi connectivity index (χ4v) is 9.54. The highest BCUT2D eigenvalue weighted by molar-refractivity contribution is 6.03. The maximum Gasteiger partial charge on any atom is 0.416 e. The Bertz CT molecular complexity index is 2320. The largest absolute Gasteiger partial charge is 0.490 e. The normalized spacial score (nSPS) is 22.4. The van der Waals surface area contributed by atoms with Crippen molar-refractivity contribution < 1.29 is 48.1 Å². The minimum atomic E-state index is -1.63. The number of benzene rings is 4. The molecule has 1 saturated carbocycles. The van der Waals surface area contributed by atoms with Gasteiger partial charge in [0.05, 0.1) is 23.2 Å². The highest BCUT2D eigenvalue weighted by Crippen LogP contribution is 2.62. The Hall–Kier alpha value is -6.35. The second kappa shape index (κ2) is 22.0. The highest BCUT2D eigenvalue weighted by atomic mass is 19.1. The van der Waals surface area contributed by atoms with Gasteiger partial charge in [0, 0.05) is 49.8 Å². The molecule has 0 saturated heterocycles. The second-order valence-electron chi connectivity index (χ2n) is 16.5. The predicted molar refractivity (Wildman–Crippen MR) is 243 cm³/mol. The number of hydrogen-bond acceptors (Lipinski definition) is 11. The topological polar surface area (TPSA) is 162 Å². The number of allylic oxidation sites excluding steroid dienone is 1. The van der Waals surface area contributed by atoms with Crippen molar-refractivity contribution in [3.63, 3.8) is 0 Å². The van der Waals surface area contributed by atoms with Crippen LogP contribution < -0.4 is 14.2 Å². The van der Waals surface area contributed by atoms with E-state index in [1.165, 1.54) is 41.3 Å². The summed E-state index contributed by atoms with van der Waals surface area (Å²) in [5, 5.41) is 36.3. The zero-order valence-electron chi connectivity index (χ0n) is 36.3. The molecule has 2 N–H and O–H groups in total. The molecule has 1 amide bonds. The van der Waals surface area contributed by atoms with Gasteiger partial charge >= 0.3 is 6.09 Å². The Labute approximate surface area is 378 Å². The van der Waals surface area contributed by atoms with Crippen LogP contribution in [-0.2, 0) is 22.7 Å². The van der Waals surface area contributed by atoms with Gasteiger partial charge in [-0.25, -0.2) is 9.18 Å². The molecule has 0 spiro atoms. The molecule has 7 rings (SSSR count). The Morgan fingerprint density at radius 2 is 1.62 bits per heavy atom. The first-order chi connectivity index (χ1) is 31.7. The van der Waals surface area contributed by atoms with Crippen molar-refractivity contribution in [2.75, 3.05) is 26.4 Å². The molecule has 1 fully saturated rings. The van der Waals surface area contributed by atoms with Crippen LogP contribution in [0, 0.1) is 33.7 Å². The van der Waals surface area contributed by atoms with Crippen LogP contribution in [0.2, 0.25) is 0 Å². The summed E-state index contributed by atoms with van der Waals surface area (Å²) in [5.41, 5.74) is 3.59. The summed E-state index contributed by atoms with van der Waals surface area (Å²) in [5.74, 6) is -1.87. The van der Waals surface area contributed by atoms with Gasteiger partial charge in [-0.3, -0.25) is 15.0 Å². The maximum absolute atomic E-state index is 15.0. The number of amides is 1. The first kappa shape index (κ1) is 46.6. The lowest BCUT2D eigenvalue weighted by Gasteiger charge is -2.59. The third-order valence-electron chi connectivity index (χ3n) is 12.4. The average molecular weight is 890 g/mol. The van der Waals surface area contributed by atoms with Crippen molar-refractivity contribution in [3.05, 3.63) is 167 Å². The summed E-state index contributed by atoms with van der Waals surface area (Å²) in [6.45, 7) is 8.32. The van der Waals surface area contributed by atoms with E-state index in [1.54, 1.807) is 24.3 Å². The number of aliphatic hydroxyl groups is 2. The molecule has 65 heavy (non-hydrogen) atoms. The summed E-state index contributed by atoms with van der Waals surface area (Å²) in [6, 6.07) is 25.4. The van der Waals surface area contributed by atoms with E-state index < -0.39 is 34.6 Å².